The number of hydrogen-bond acceptors (Lipinski definition) is 3. The molecule has 0 aromatic heterocycles. The molecule has 1 amide bonds. The van der Waals surface area contributed by atoms with Crippen molar-refractivity contribution in [1.29, 1.82) is 0 Å². The summed E-state index contributed by atoms with van der Waals surface area (Å²) in [6, 6.07) is 14.6. The molecule has 0 heterocycles. The molecule has 0 bridgehead atoms. The first-order chi connectivity index (χ1) is 11.7. The van der Waals surface area contributed by atoms with Gasteiger partial charge in [0.05, 0.1) is 12.8 Å². The molecule has 0 fully saturated rings. The van der Waals surface area contributed by atoms with E-state index in [9.17, 15) is 13.2 Å². The van der Waals surface area contributed by atoms with Gasteiger partial charge in [0.25, 0.3) is 0 Å². The molecule has 5 nitrogen and oxygen atoms in total. The molecule has 0 aliphatic carbocycles. The monoisotopic (exact) mass is 380 g/mol. The molecular weight excluding hydrogens is 360 g/mol. The second-order valence-electron chi connectivity index (χ2n) is 5.92. The highest BCUT2D eigenvalue weighted by molar-refractivity contribution is 7.88. The second-order valence-corrected chi connectivity index (χ2v) is 8.34. The van der Waals surface area contributed by atoms with Gasteiger partial charge < -0.3 is 5.32 Å². The molecule has 0 spiro atoms. The van der Waals surface area contributed by atoms with Crippen LogP contribution in [0.5, 0.6) is 0 Å². The van der Waals surface area contributed by atoms with E-state index in [0.29, 0.717) is 11.6 Å². The first kappa shape index (κ1) is 19.4. The minimum atomic E-state index is -3.52. The number of aryl methyl sites for hydroxylation is 1. The SMILES string of the molecule is Cc1cccc(CNC(=O)CN(Cc2ccc(Cl)cc2)S(C)(=O)=O)c1. The van der Waals surface area contributed by atoms with Crippen LogP contribution < -0.4 is 5.32 Å². The van der Waals surface area contributed by atoms with Crippen LogP contribution in [-0.4, -0.2) is 31.4 Å². The van der Waals surface area contributed by atoms with Crippen LogP contribution in [0.15, 0.2) is 48.5 Å². The molecule has 0 unspecified atom stereocenters. The topological polar surface area (TPSA) is 66.5 Å². The van der Waals surface area contributed by atoms with Gasteiger partial charge in [0, 0.05) is 18.1 Å². The third-order valence-corrected chi connectivity index (χ3v) is 5.08. The molecule has 0 radical (unpaired) electrons. The minimum absolute atomic E-state index is 0.119. The molecule has 134 valence electrons. The highest BCUT2D eigenvalue weighted by atomic mass is 35.5. The standard InChI is InChI=1S/C18H21ClN2O3S/c1-14-4-3-5-16(10-14)11-20-18(22)13-21(25(2,23)24)12-15-6-8-17(19)9-7-15/h3-10H,11-13H2,1-2H3,(H,20,22). The lowest BCUT2D eigenvalue weighted by Crippen LogP contribution is -2.39. The van der Waals surface area contributed by atoms with Crippen LogP contribution >= 0.6 is 11.6 Å². The zero-order chi connectivity index (χ0) is 18.4. The van der Waals surface area contributed by atoms with Crippen LogP contribution in [0.25, 0.3) is 0 Å². The van der Waals surface area contributed by atoms with Gasteiger partial charge in [-0.25, -0.2) is 8.42 Å². The fourth-order valence-corrected chi connectivity index (χ4v) is 3.18. The van der Waals surface area contributed by atoms with Gasteiger partial charge in [-0.15, -0.1) is 0 Å². The fraction of sp³-hybridized carbons (Fsp3) is 0.278. The summed E-state index contributed by atoms with van der Waals surface area (Å²) in [6.07, 6.45) is 1.09. The molecule has 2 aromatic rings. The second kappa shape index (κ2) is 8.47. The Balaban J connectivity index is 1.99. The third-order valence-electron chi connectivity index (χ3n) is 3.63. The molecule has 25 heavy (non-hydrogen) atoms. The zero-order valence-corrected chi connectivity index (χ0v) is 15.8. The van der Waals surface area contributed by atoms with Crippen molar-refractivity contribution in [2.45, 2.75) is 20.0 Å². The van der Waals surface area contributed by atoms with Crippen LogP contribution in [-0.2, 0) is 27.9 Å². The summed E-state index contributed by atoms with van der Waals surface area (Å²) < 4.78 is 25.1. The summed E-state index contributed by atoms with van der Waals surface area (Å²) in [7, 11) is -3.52. The zero-order valence-electron chi connectivity index (χ0n) is 14.2. The Morgan fingerprint density at radius 2 is 1.80 bits per heavy atom. The molecular formula is C18H21ClN2O3S. The Labute approximate surface area is 153 Å². The number of nitrogens with zero attached hydrogens (tertiary/aromatic N) is 1. The number of rotatable bonds is 7. The maximum Gasteiger partial charge on any atom is 0.235 e. The van der Waals surface area contributed by atoms with Crippen LogP contribution in [0, 0.1) is 6.92 Å². The molecule has 0 aliphatic rings. The summed E-state index contributed by atoms with van der Waals surface area (Å²) in [5, 5.41) is 3.33. The highest BCUT2D eigenvalue weighted by Crippen LogP contribution is 2.13. The van der Waals surface area contributed by atoms with E-state index < -0.39 is 10.0 Å². The van der Waals surface area contributed by atoms with E-state index in [1.54, 1.807) is 24.3 Å². The number of nitrogens with one attached hydrogen (secondary N) is 1. The maximum absolute atomic E-state index is 12.2. The molecule has 2 aromatic carbocycles. The van der Waals surface area contributed by atoms with Gasteiger partial charge in [-0.1, -0.05) is 53.6 Å². The summed E-state index contributed by atoms with van der Waals surface area (Å²) in [5.74, 6) is -0.346. The molecule has 7 heteroatoms. The van der Waals surface area contributed by atoms with Crippen molar-refractivity contribution in [3.05, 3.63) is 70.2 Å². The number of halogens is 1. The van der Waals surface area contributed by atoms with Crippen LogP contribution in [0.2, 0.25) is 5.02 Å². The van der Waals surface area contributed by atoms with Gasteiger partial charge in [-0.3, -0.25) is 4.79 Å². The lowest BCUT2D eigenvalue weighted by molar-refractivity contribution is -0.121. The van der Waals surface area contributed by atoms with Crippen molar-refractivity contribution in [1.82, 2.24) is 9.62 Å². The number of benzene rings is 2. The number of carbonyl (C=O) groups excluding carboxylic acids is 1. The summed E-state index contributed by atoms with van der Waals surface area (Å²) >= 11 is 5.84. The summed E-state index contributed by atoms with van der Waals surface area (Å²) in [5.41, 5.74) is 2.84. The number of hydrogen-bond donors (Lipinski definition) is 1. The van der Waals surface area contributed by atoms with Crippen LogP contribution in [0.4, 0.5) is 0 Å². The number of amides is 1. The van der Waals surface area contributed by atoms with Gasteiger partial charge in [0.1, 0.15) is 0 Å². The minimum Gasteiger partial charge on any atom is -0.351 e. The van der Waals surface area contributed by atoms with Crippen LogP contribution in [0.1, 0.15) is 16.7 Å². The van der Waals surface area contributed by atoms with Crippen molar-refractivity contribution in [3.63, 3.8) is 0 Å². The van der Waals surface area contributed by atoms with E-state index in [0.717, 1.165) is 27.3 Å². The Morgan fingerprint density at radius 3 is 2.40 bits per heavy atom. The van der Waals surface area contributed by atoms with E-state index in [-0.39, 0.29) is 19.0 Å². The normalized spacial score (nSPS) is 11.5. The van der Waals surface area contributed by atoms with Gasteiger partial charge >= 0.3 is 0 Å². The first-order valence-electron chi connectivity index (χ1n) is 7.76. The molecule has 1 N–H and O–H groups in total. The fourth-order valence-electron chi connectivity index (χ4n) is 2.32. The van der Waals surface area contributed by atoms with Gasteiger partial charge in [-0.2, -0.15) is 4.31 Å². The smallest absolute Gasteiger partial charge is 0.235 e. The molecule has 0 atom stereocenters. The maximum atomic E-state index is 12.2. The van der Waals surface area contributed by atoms with Crippen molar-refractivity contribution >= 4 is 27.5 Å². The van der Waals surface area contributed by atoms with Crippen molar-refractivity contribution in [2.75, 3.05) is 12.8 Å². The predicted octanol–water partition coefficient (Wildman–Crippen LogP) is 2.73. The molecule has 2 rings (SSSR count). The van der Waals surface area contributed by atoms with Gasteiger partial charge in [0.15, 0.2) is 0 Å². The summed E-state index contributed by atoms with van der Waals surface area (Å²) in [4.78, 5) is 12.2. The van der Waals surface area contributed by atoms with E-state index in [4.69, 9.17) is 11.6 Å². The average Bonchev–Trinajstić information content (AvgIpc) is 2.53. The first-order valence-corrected chi connectivity index (χ1v) is 9.98. The Bertz CT molecular complexity index is 836. The third kappa shape index (κ3) is 6.49. The molecule has 0 saturated heterocycles. The average molecular weight is 381 g/mol. The Morgan fingerprint density at radius 1 is 1.12 bits per heavy atom. The van der Waals surface area contributed by atoms with E-state index in [1.165, 1.54) is 0 Å². The highest BCUT2D eigenvalue weighted by Gasteiger charge is 2.20. The largest absolute Gasteiger partial charge is 0.351 e. The number of sulfonamides is 1. The van der Waals surface area contributed by atoms with Crippen molar-refractivity contribution in [3.8, 4) is 0 Å². The van der Waals surface area contributed by atoms with Gasteiger partial charge in [-0.05, 0) is 30.2 Å². The Hall–Kier alpha value is -1.89. The van der Waals surface area contributed by atoms with Crippen molar-refractivity contribution < 1.29 is 13.2 Å². The van der Waals surface area contributed by atoms with E-state index >= 15 is 0 Å². The quantitative estimate of drug-likeness (QED) is 0.803. The van der Waals surface area contributed by atoms with E-state index in [2.05, 4.69) is 5.32 Å². The number of carbonyl (C=O) groups is 1. The Kier molecular flexibility index (Phi) is 6.58. The van der Waals surface area contributed by atoms with E-state index in [1.807, 2.05) is 31.2 Å². The predicted molar refractivity (Wildman–Crippen MR) is 99.7 cm³/mol. The lowest BCUT2D eigenvalue weighted by Gasteiger charge is -2.19. The summed E-state index contributed by atoms with van der Waals surface area (Å²) in [6.45, 7) is 2.23. The lowest BCUT2D eigenvalue weighted by atomic mass is 10.1. The van der Waals surface area contributed by atoms with Gasteiger partial charge in [0.2, 0.25) is 15.9 Å². The molecule has 0 aliphatic heterocycles. The van der Waals surface area contributed by atoms with Crippen LogP contribution in [0.3, 0.4) is 0 Å². The van der Waals surface area contributed by atoms with Crippen molar-refractivity contribution in [2.24, 2.45) is 0 Å². The molecule has 0 saturated carbocycles.